The molecule has 2 unspecified atom stereocenters. The van der Waals surface area contributed by atoms with Gasteiger partial charge in [-0.1, -0.05) is 61.5 Å². The summed E-state index contributed by atoms with van der Waals surface area (Å²) in [6, 6.07) is 6.15. The molecule has 1 aromatic rings. The lowest BCUT2D eigenvalue weighted by Gasteiger charge is -2.17. The van der Waals surface area contributed by atoms with Gasteiger partial charge in [-0.3, -0.25) is 4.98 Å². The minimum absolute atomic E-state index is 0.503. The van der Waals surface area contributed by atoms with Gasteiger partial charge in [-0.25, -0.2) is 0 Å². The molecule has 0 aliphatic carbocycles. The second-order valence-corrected chi connectivity index (χ2v) is 5.58. The van der Waals surface area contributed by atoms with E-state index in [4.69, 9.17) is 0 Å². The molecule has 0 saturated heterocycles. The van der Waals surface area contributed by atoms with Crippen molar-refractivity contribution in [2.45, 2.75) is 56.7 Å². The molecule has 0 aliphatic heterocycles. The summed E-state index contributed by atoms with van der Waals surface area (Å²) in [4.78, 5) is 4.97. The predicted octanol–water partition coefficient (Wildman–Crippen LogP) is 4.92. The van der Waals surface area contributed by atoms with Crippen molar-refractivity contribution < 1.29 is 0 Å². The normalized spacial score (nSPS) is 14.7. The van der Waals surface area contributed by atoms with Gasteiger partial charge in [0, 0.05) is 22.6 Å². The molecule has 16 heavy (non-hydrogen) atoms. The number of alkyl halides is 1. The number of nitrogens with zero attached hydrogens (tertiary/aromatic N) is 1. The summed E-state index contributed by atoms with van der Waals surface area (Å²) in [5.74, 6) is 0.503. The standard InChI is InChI=1S/C14H22BrN/c1-3-4-5-6-9-13(15)12(2)14-10-7-8-11-16-14/h7-8,10-13H,3-6,9H2,1-2H3. The minimum atomic E-state index is 0.503. The van der Waals surface area contributed by atoms with Crippen LogP contribution in [0.1, 0.15) is 57.6 Å². The van der Waals surface area contributed by atoms with Gasteiger partial charge in [0.15, 0.2) is 0 Å². The van der Waals surface area contributed by atoms with Crippen molar-refractivity contribution in [1.29, 1.82) is 0 Å². The Kier molecular flexibility index (Phi) is 6.70. The van der Waals surface area contributed by atoms with Gasteiger partial charge in [0.25, 0.3) is 0 Å². The van der Waals surface area contributed by atoms with E-state index in [1.165, 1.54) is 37.8 Å². The molecular formula is C14H22BrN. The highest BCUT2D eigenvalue weighted by atomic mass is 79.9. The third kappa shape index (κ3) is 4.65. The van der Waals surface area contributed by atoms with Gasteiger partial charge in [-0.05, 0) is 18.6 Å². The van der Waals surface area contributed by atoms with Crippen LogP contribution in [-0.2, 0) is 0 Å². The Bertz CT molecular complexity index is 273. The Morgan fingerprint density at radius 3 is 2.69 bits per heavy atom. The topological polar surface area (TPSA) is 12.9 Å². The number of pyridine rings is 1. The summed E-state index contributed by atoms with van der Waals surface area (Å²) in [6.45, 7) is 4.50. The lowest BCUT2D eigenvalue weighted by molar-refractivity contribution is 0.578. The first-order valence-electron chi connectivity index (χ1n) is 6.30. The molecule has 0 radical (unpaired) electrons. The second-order valence-electron chi connectivity index (χ2n) is 4.41. The Hall–Kier alpha value is -0.370. The summed E-state index contributed by atoms with van der Waals surface area (Å²) in [7, 11) is 0. The highest BCUT2D eigenvalue weighted by Crippen LogP contribution is 2.27. The molecule has 1 heterocycles. The van der Waals surface area contributed by atoms with E-state index in [1.54, 1.807) is 0 Å². The van der Waals surface area contributed by atoms with E-state index in [9.17, 15) is 0 Å². The molecule has 0 spiro atoms. The van der Waals surface area contributed by atoms with E-state index in [-0.39, 0.29) is 0 Å². The summed E-state index contributed by atoms with van der Waals surface area (Å²) < 4.78 is 0. The van der Waals surface area contributed by atoms with E-state index in [0.29, 0.717) is 10.7 Å². The van der Waals surface area contributed by atoms with Crippen molar-refractivity contribution in [3.05, 3.63) is 30.1 Å². The van der Waals surface area contributed by atoms with Crippen molar-refractivity contribution in [2.75, 3.05) is 0 Å². The zero-order valence-electron chi connectivity index (χ0n) is 10.3. The summed E-state index contributed by atoms with van der Waals surface area (Å²) in [5, 5.41) is 0. The molecule has 0 aromatic carbocycles. The molecule has 0 amide bonds. The van der Waals surface area contributed by atoms with Crippen molar-refractivity contribution in [3.63, 3.8) is 0 Å². The Labute approximate surface area is 108 Å². The minimum Gasteiger partial charge on any atom is -0.261 e. The average Bonchev–Trinajstić information content (AvgIpc) is 2.34. The first-order chi connectivity index (χ1) is 7.75. The lowest BCUT2D eigenvalue weighted by Crippen LogP contribution is -2.10. The van der Waals surface area contributed by atoms with E-state index < -0.39 is 0 Å². The molecule has 1 nitrogen and oxygen atoms in total. The molecule has 2 heteroatoms. The Morgan fingerprint density at radius 1 is 1.25 bits per heavy atom. The summed E-state index contributed by atoms with van der Waals surface area (Å²) in [6.07, 6.45) is 8.47. The first kappa shape index (κ1) is 13.7. The quantitative estimate of drug-likeness (QED) is 0.511. The molecule has 2 atom stereocenters. The van der Waals surface area contributed by atoms with Gasteiger partial charge in [-0.15, -0.1) is 0 Å². The van der Waals surface area contributed by atoms with Crippen molar-refractivity contribution in [1.82, 2.24) is 4.98 Å². The van der Waals surface area contributed by atoms with Gasteiger partial charge in [0.05, 0.1) is 0 Å². The molecule has 0 fully saturated rings. The fourth-order valence-electron chi connectivity index (χ4n) is 1.85. The van der Waals surface area contributed by atoms with Crippen LogP contribution in [-0.4, -0.2) is 9.81 Å². The second kappa shape index (κ2) is 7.83. The molecular weight excluding hydrogens is 262 g/mol. The number of hydrogen-bond acceptors (Lipinski definition) is 1. The van der Waals surface area contributed by atoms with Gasteiger partial charge in [0.2, 0.25) is 0 Å². The molecule has 0 N–H and O–H groups in total. The van der Waals surface area contributed by atoms with Crippen LogP contribution in [0.5, 0.6) is 0 Å². The van der Waals surface area contributed by atoms with Crippen LogP contribution in [0.3, 0.4) is 0 Å². The van der Waals surface area contributed by atoms with Gasteiger partial charge in [0.1, 0.15) is 0 Å². The SMILES string of the molecule is CCCCCCC(Br)C(C)c1ccccn1. The van der Waals surface area contributed by atoms with E-state index in [1.807, 2.05) is 12.3 Å². The van der Waals surface area contributed by atoms with Crippen LogP contribution >= 0.6 is 15.9 Å². The fourth-order valence-corrected chi connectivity index (χ4v) is 2.44. The third-order valence-electron chi connectivity index (χ3n) is 3.03. The predicted molar refractivity (Wildman–Crippen MR) is 74.1 cm³/mol. The van der Waals surface area contributed by atoms with Crippen LogP contribution in [0.4, 0.5) is 0 Å². The van der Waals surface area contributed by atoms with Gasteiger partial charge < -0.3 is 0 Å². The third-order valence-corrected chi connectivity index (χ3v) is 4.28. The van der Waals surface area contributed by atoms with Crippen LogP contribution in [0.25, 0.3) is 0 Å². The fraction of sp³-hybridized carbons (Fsp3) is 0.643. The highest BCUT2D eigenvalue weighted by molar-refractivity contribution is 9.09. The van der Waals surface area contributed by atoms with Gasteiger partial charge in [-0.2, -0.15) is 0 Å². The molecule has 0 saturated carbocycles. The maximum Gasteiger partial charge on any atom is 0.0442 e. The number of rotatable bonds is 7. The summed E-state index contributed by atoms with van der Waals surface area (Å²) in [5.41, 5.74) is 1.19. The Morgan fingerprint density at radius 2 is 2.06 bits per heavy atom. The van der Waals surface area contributed by atoms with E-state index in [0.717, 1.165) is 0 Å². The van der Waals surface area contributed by atoms with Crippen molar-refractivity contribution >= 4 is 15.9 Å². The van der Waals surface area contributed by atoms with Crippen LogP contribution < -0.4 is 0 Å². The summed E-state index contributed by atoms with van der Waals surface area (Å²) >= 11 is 3.79. The monoisotopic (exact) mass is 283 g/mol. The molecule has 0 bridgehead atoms. The first-order valence-corrected chi connectivity index (χ1v) is 7.22. The number of unbranched alkanes of at least 4 members (excludes halogenated alkanes) is 3. The molecule has 0 aliphatic rings. The average molecular weight is 284 g/mol. The van der Waals surface area contributed by atoms with Crippen LogP contribution in [0, 0.1) is 0 Å². The zero-order valence-corrected chi connectivity index (χ0v) is 11.9. The molecule has 90 valence electrons. The number of hydrogen-bond donors (Lipinski definition) is 0. The van der Waals surface area contributed by atoms with Crippen LogP contribution in [0.2, 0.25) is 0 Å². The van der Waals surface area contributed by atoms with Gasteiger partial charge >= 0.3 is 0 Å². The maximum atomic E-state index is 4.41. The Balaban J connectivity index is 2.33. The van der Waals surface area contributed by atoms with E-state index in [2.05, 4.69) is 46.9 Å². The number of aromatic nitrogens is 1. The molecule has 1 aromatic heterocycles. The van der Waals surface area contributed by atoms with E-state index >= 15 is 0 Å². The molecule has 1 rings (SSSR count). The van der Waals surface area contributed by atoms with Crippen molar-refractivity contribution in [2.24, 2.45) is 0 Å². The zero-order chi connectivity index (χ0) is 11.8. The van der Waals surface area contributed by atoms with Crippen LogP contribution in [0.15, 0.2) is 24.4 Å². The smallest absolute Gasteiger partial charge is 0.0442 e. The largest absolute Gasteiger partial charge is 0.261 e. The maximum absolute atomic E-state index is 4.41. The highest BCUT2D eigenvalue weighted by Gasteiger charge is 2.16. The van der Waals surface area contributed by atoms with Crippen molar-refractivity contribution in [3.8, 4) is 0 Å². The number of halogens is 1. The lowest BCUT2D eigenvalue weighted by atomic mass is 9.98.